The molecule has 0 radical (unpaired) electrons. The largest absolute Gasteiger partial charge is 0.383 e. The van der Waals surface area contributed by atoms with Crippen molar-refractivity contribution < 1.29 is 4.74 Å². The van der Waals surface area contributed by atoms with E-state index in [9.17, 15) is 0 Å². The first kappa shape index (κ1) is 13.5. The number of methoxy groups -OCH3 is 1. The highest BCUT2D eigenvalue weighted by Gasteiger charge is 2.30. The molecule has 0 spiro atoms. The Bertz CT molecular complexity index is 614. The number of rotatable bonds is 4. The van der Waals surface area contributed by atoms with Gasteiger partial charge in [-0.3, -0.25) is 0 Å². The zero-order valence-corrected chi connectivity index (χ0v) is 12.8. The van der Waals surface area contributed by atoms with Crippen LogP contribution in [0.25, 0.3) is 0 Å². The molecule has 0 aliphatic heterocycles. The van der Waals surface area contributed by atoms with E-state index in [0.717, 1.165) is 28.6 Å². The van der Waals surface area contributed by atoms with Gasteiger partial charge < -0.3 is 10.5 Å². The van der Waals surface area contributed by atoms with E-state index in [0.29, 0.717) is 17.6 Å². The highest BCUT2D eigenvalue weighted by Crippen LogP contribution is 2.44. The van der Waals surface area contributed by atoms with Gasteiger partial charge in [0.2, 0.25) is 0 Å². The Balaban J connectivity index is 2.04. The molecular formula is C15H16BrN3O. The fourth-order valence-electron chi connectivity index (χ4n) is 2.26. The first-order chi connectivity index (χ1) is 9.70. The molecule has 1 fully saturated rings. The molecule has 20 heavy (non-hydrogen) atoms. The van der Waals surface area contributed by atoms with Crippen LogP contribution in [0.1, 0.15) is 41.9 Å². The number of ether oxygens (including phenoxy) is 1. The molecule has 1 aliphatic rings. The van der Waals surface area contributed by atoms with Gasteiger partial charge in [0.15, 0.2) is 5.82 Å². The smallest absolute Gasteiger partial charge is 0.164 e. The molecule has 0 saturated heterocycles. The molecule has 5 heteroatoms. The summed E-state index contributed by atoms with van der Waals surface area (Å²) >= 11 is 3.49. The zero-order valence-electron chi connectivity index (χ0n) is 11.2. The summed E-state index contributed by atoms with van der Waals surface area (Å²) < 4.78 is 6.40. The van der Waals surface area contributed by atoms with Crippen molar-refractivity contribution >= 4 is 21.7 Å². The van der Waals surface area contributed by atoms with Crippen LogP contribution in [0.3, 0.4) is 0 Å². The van der Waals surface area contributed by atoms with Crippen molar-refractivity contribution in [2.45, 2.75) is 24.9 Å². The molecule has 1 unspecified atom stereocenters. The van der Waals surface area contributed by atoms with Gasteiger partial charge in [-0.25, -0.2) is 9.97 Å². The Morgan fingerprint density at radius 2 is 1.95 bits per heavy atom. The fourth-order valence-corrected chi connectivity index (χ4v) is 2.77. The molecule has 1 aromatic carbocycles. The predicted octanol–water partition coefficient (Wildman–Crippen LogP) is 3.43. The van der Waals surface area contributed by atoms with Crippen molar-refractivity contribution in [3.8, 4) is 0 Å². The minimum absolute atomic E-state index is 0.288. The van der Waals surface area contributed by atoms with Crippen LogP contribution in [0.4, 0.5) is 5.82 Å². The number of nitrogens with zero attached hydrogens (tertiary/aromatic N) is 2. The molecule has 104 valence electrons. The topological polar surface area (TPSA) is 61.0 Å². The lowest BCUT2D eigenvalue weighted by molar-refractivity contribution is 0.129. The summed E-state index contributed by atoms with van der Waals surface area (Å²) in [6.07, 6.45) is 2.04. The molecular weight excluding hydrogens is 318 g/mol. The van der Waals surface area contributed by atoms with Crippen molar-refractivity contribution in [3.05, 3.63) is 51.9 Å². The maximum absolute atomic E-state index is 6.00. The van der Waals surface area contributed by atoms with Crippen molar-refractivity contribution in [1.82, 2.24) is 9.97 Å². The number of hydrogen-bond acceptors (Lipinski definition) is 4. The van der Waals surface area contributed by atoms with Crippen LogP contribution in [0.2, 0.25) is 0 Å². The molecule has 4 nitrogen and oxygen atoms in total. The van der Waals surface area contributed by atoms with Crippen LogP contribution in [0, 0.1) is 0 Å². The molecule has 1 heterocycles. The van der Waals surface area contributed by atoms with Gasteiger partial charge >= 0.3 is 0 Å². The van der Waals surface area contributed by atoms with Gasteiger partial charge in [-0.05, 0) is 34.3 Å². The Hall–Kier alpha value is -1.46. The Kier molecular flexibility index (Phi) is 3.72. The van der Waals surface area contributed by atoms with E-state index < -0.39 is 0 Å². The lowest BCUT2D eigenvalue weighted by Crippen LogP contribution is -2.12. The van der Waals surface area contributed by atoms with Crippen LogP contribution in [0.15, 0.2) is 34.8 Å². The standard InChI is InChI=1S/C15H16BrN3O/c1-20-13(10-5-3-2-4-6-10)15-18-12(9-7-8-9)11(16)14(17)19-15/h2-6,9,13H,7-8H2,1H3,(H2,17,18,19). The zero-order chi connectivity index (χ0) is 14.1. The second kappa shape index (κ2) is 5.50. The Labute approximate surface area is 126 Å². The molecule has 1 aliphatic carbocycles. The summed E-state index contributed by atoms with van der Waals surface area (Å²) in [6.45, 7) is 0. The van der Waals surface area contributed by atoms with Gasteiger partial charge in [0.25, 0.3) is 0 Å². The SMILES string of the molecule is COC(c1ccccc1)c1nc(N)c(Br)c(C2CC2)n1. The minimum Gasteiger partial charge on any atom is -0.383 e. The summed E-state index contributed by atoms with van der Waals surface area (Å²) in [5, 5.41) is 0. The van der Waals surface area contributed by atoms with E-state index in [1.165, 1.54) is 0 Å². The molecule has 0 amide bonds. The monoisotopic (exact) mass is 333 g/mol. The third-order valence-corrected chi connectivity index (χ3v) is 4.27. The van der Waals surface area contributed by atoms with Crippen LogP contribution in [-0.2, 0) is 4.74 Å². The third kappa shape index (κ3) is 2.55. The summed E-state index contributed by atoms with van der Waals surface area (Å²) in [6, 6.07) is 9.94. The highest BCUT2D eigenvalue weighted by atomic mass is 79.9. The normalized spacial score (nSPS) is 16.1. The lowest BCUT2D eigenvalue weighted by Gasteiger charge is -2.16. The van der Waals surface area contributed by atoms with Crippen molar-refractivity contribution in [2.24, 2.45) is 0 Å². The summed E-state index contributed by atoms with van der Waals surface area (Å²) in [5.74, 6) is 1.61. The van der Waals surface area contributed by atoms with Crippen molar-refractivity contribution in [3.63, 3.8) is 0 Å². The number of aromatic nitrogens is 2. The number of hydrogen-bond donors (Lipinski definition) is 1. The quantitative estimate of drug-likeness (QED) is 0.930. The summed E-state index contributed by atoms with van der Waals surface area (Å²) in [7, 11) is 1.66. The fraction of sp³-hybridized carbons (Fsp3) is 0.333. The van der Waals surface area contributed by atoms with E-state index >= 15 is 0 Å². The van der Waals surface area contributed by atoms with Gasteiger partial charge in [0.1, 0.15) is 11.9 Å². The van der Waals surface area contributed by atoms with Crippen molar-refractivity contribution in [2.75, 3.05) is 12.8 Å². The lowest BCUT2D eigenvalue weighted by atomic mass is 10.1. The first-order valence-corrected chi connectivity index (χ1v) is 7.40. The summed E-state index contributed by atoms with van der Waals surface area (Å²) in [4.78, 5) is 9.07. The van der Waals surface area contributed by atoms with Gasteiger partial charge in [-0.1, -0.05) is 30.3 Å². The molecule has 1 atom stereocenters. The minimum atomic E-state index is -0.288. The number of anilines is 1. The second-order valence-corrected chi connectivity index (χ2v) is 5.76. The second-order valence-electron chi connectivity index (χ2n) is 4.97. The third-order valence-electron chi connectivity index (χ3n) is 3.46. The average Bonchev–Trinajstić information content (AvgIpc) is 3.29. The molecule has 1 saturated carbocycles. The van der Waals surface area contributed by atoms with E-state index in [2.05, 4.69) is 25.9 Å². The Morgan fingerprint density at radius 1 is 1.25 bits per heavy atom. The first-order valence-electron chi connectivity index (χ1n) is 6.61. The Morgan fingerprint density at radius 3 is 2.55 bits per heavy atom. The van der Waals surface area contributed by atoms with Crippen LogP contribution < -0.4 is 5.73 Å². The number of nitrogen functional groups attached to an aromatic ring is 1. The number of nitrogens with two attached hydrogens (primary N) is 1. The van der Waals surface area contributed by atoms with Crippen LogP contribution in [-0.4, -0.2) is 17.1 Å². The van der Waals surface area contributed by atoms with Crippen LogP contribution >= 0.6 is 15.9 Å². The van der Waals surface area contributed by atoms with E-state index in [1.807, 2.05) is 30.3 Å². The van der Waals surface area contributed by atoms with E-state index in [4.69, 9.17) is 10.5 Å². The maximum Gasteiger partial charge on any atom is 0.164 e. The average molecular weight is 334 g/mol. The van der Waals surface area contributed by atoms with E-state index in [1.54, 1.807) is 7.11 Å². The van der Waals surface area contributed by atoms with Gasteiger partial charge in [0.05, 0.1) is 10.2 Å². The van der Waals surface area contributed by atoms with Gasteiger partial charge in [0, 0.05) is 13.0 Å². The van der Waals surface area contributed by atoms with Gasteiger partial charge in [-0.15, -0.1) is 0 Å². The number of benzene rings is 1. The van der Waals surface area contributed by atoms with Gasteiger partial charge in [-0.2, -0.15) is 0 Å². The highest BCUT2D eigenvalue weighted by molar-refractivity contribution is 9.10. The molecule has 2 N–H and O–H groups in total. The summed E-state index contributed by atoms with van der Waals surface area (Å²) in [5.41, 5.74) is 8.04. The van der Waals surface area contributed by atoms with E-state index in [-0.39, 0.29) is 6.10 Å². The van der Waals surface area contributed by atoms with Crippen molar-refractivity contribution in [1.29, 1.82) is 0 Å². The molecule has 3 rings (SSSR count). The molecule has 1 aromatic heterocycles. The molecule has 2 aromatic rings. The van der Waals surface area contributed by atoms with Crippen LogP contribution in [0.5, 0.6) is 0 Å². The predicted molar refractivity (Wildman–Crippen MR) is 81.4 cm³/mol. The molecule has 0 bridgehead atoms. The maximum atomic E-state index is 6.00. The number of halogens is 1.